The second-order valence-electron chi connectivity index (χ2n) is 3.39. The highest BCUT2D eigenvalue weighted by Gasteiger charge is 2.20. The van der Waals surface area contributed by atoms with Crippen LogP contribution in [-0.2, 0) is 9.22 Å². The molecule has 0 amide bonds. The van der Waals surface area contributed by atoms with E-state index in [1.165, 1.54) is 11.8 Å². The average molecular weight is 222 g/mol. The van der Waals surface area contributed by atoms with E-state index in [-0.39, 0.29) is 5.75 Å². The minimum absolute atomic E-state index is 0.205. The quantitative estimate of drug-likeness (QED) is 0.529. The number of carbonyl (C=O) groups is 1. The van der Waals surface area contributed by atoms with Gasteiger partial charge >= 0.3 is 5.97 Å². The van der Waals surface area contributed by atoms with Crippen molar-refractivity contribution >= 4 is 26.0 Å². The van der Waals surface area contributed by atoms with E-state index in [1.807, 2.05) is 6.92 Å². The summed E-state index contributed by atoms with van der Waals surface area (Å²) in [5.74, 6) is 0.364. The first-order chi connectivity index (χ1) is 5.98. The Morgan fingerprint density at radius 1 is 1.54 bits per heavy atom. The fourth-order valence-electron chi connectivity index (χ4n) is 0.940. The van der Waals surface area contributed by atoms with Crippen molar-refractivity contribution in [3.05, 3.63) is 0 Å². The smallest absolute Gasteiger partial charge is 0.313 e. The molecule has 13 heavy (non-hydrogen) atoms. The standard InChI is InChI=1S/C8H18O3SSi/c1-4-11-13(2,3)6-5-12-7-8(9)10/h4-7H2,1-3H3,(H,9,10). The van der Waals surface area contributed by atoms with Gasteiger partial charge in [0.15, 0.2) is 8.32 Å². The Morgan fingerprint density at radius 2 is 2.15 bits per heavy atom. The molecular formula is C8H18O3SSi. The van der Waals surface area contributed by atoms with Crippen LogP contribution in [0.4, 0.5) is 0 Å². The lowest BCUT2D eigenvalue weighted by Gasteiger charge is -2.21. The zero-order chi connectivity index (χ0) is 10.3. The van der Waals surface area contributed by atoms with Gasteiger partial charge in [0.05, 0.1) is 5.75 Å². The van der Waals surface area contributed by atoms with Crippen molar-refractivity contribution in [3.63, 3.8) is 0 Å². The van der Waals surface area contributed by atoms with Crippen molar-refractivity contribution in [1.29, 1.82) is 0 Å². The van der Waals surface area contributed by atoms with Gasteiger partial charge in [0.25, 0.3) is 0 Å². The van der Waals surface area contributed by atoms with Crippen LogP contribution in [0.15, 0.2) is 0 Å². The van der Waals surface area contributed by atoms with Gasteiger partial charge in [-0.15, -0.1) is 0 Å². The van der Waals surface area contributed by atoms with Crippen molar-refractivity contribution in [2.75, 3.05) is 18.1 Å². The molecule has 0 saturated heterocycles. The Hall–Kier alpha value is -0.00312. The summed E-state index contributed by atoms with van der Waals surface area (Å²) in [5.41, 5.74) is 0. The van der Waals surface area contributed by atoms with Crippen molar-refractivity contribution in [2.45, 2.75) is 26.1 Å². The fraction of sp³-hybridized carbons (Fsp3) is 0.875. The number of rotatable bonds is 7. The van der Waals surface area contributed by atoms with Crippen LogP contribution in [0.25, 0.3) is 0 Å². The van der Waals surface area contributed by atoms with Gasteiger partial charge in [-0.25, -0.2) is 0 Å². The highest BCUT2D eigenvalue weighted by atomic mass is 32.2. The van der Waals surface area contributed by atoms with Crippen LogP contribution < -0.4 is 0 Å². The van der Waals surface area contributed by atoms with Gasteiger partial charge < -0.3 is 9.53 Å². The summed E-state index contributed by atoms with van der Waals surface area (Å²) in [6.45, 7) is 7.09. The number of carboxylic acids is 1. The molecule has 0 unspecified atom stereocenters. The van der Waals surface area contributed by atoms with Crippen molar-refractivity contribution in [2.24, 2.45) is 0 Å². The van der Waals surface area contributed by atoms with Gasteiger partial charge in [-0.05, 0) is 31.8 Å². The highest BCUT2D eigenvalue weighted by molar-refractivity contribution is 8.00. The predicted octanol–water partition coefficient (Wildman–Crippen LogP) is 2.05. The zero-order valence-corrected chi connectivity index (χ0v) is 10.3. The normalized spacial score (nSPS) is 11.6. The highest BCUT2D eigenvalue weighted by Crippen LogP contribution is 2.15. The third-order valence-electron chi connectivity index (χ3n) is 1.61. The first kappa shape index (κ1) is 13.0. The van der Waals surface area contributed by atoms with E-state index < -0.39 is 14.3 Å². The van der Waals surface area contributed by atoms with E-state index in [1.54, 1.807) is 0 Å². The number of hydrogen-bond acceptors (Lipinski definition) is 3. The second kappa shape index (κ2) is 6.45. The topological polar surface area (TPSA) is 46.5 Å². The number of hydrogen-bond donors (Lipinski definition) is 1. The predicted molar refractivity (Wildman–Crippen MR) is 58.9 cm³/mol. The SMILES string of the molecule is CCO[Si](C)(C)CCSCC(=O)O. The molecule has 0 spiro atoms. The van der Waals surface area contributed by atoms with Crippen molar-refractivity contribution in [3.8, 4) is 0 Å². The average Bonchev–Trinajstić information content (AvgIpc) is 1.98. The molecule has 5 heteroatoms. The van der Waals surface area contributed by atoms with E-state index in [0.29, 0.717) is 0 Å². The van der Waals surface area contributed by atoms with Crippen LogP contribution in [-0.4, -0.2) is 37.5 Å². The molecule has 0 fully saturated rings. The molecule has 0 aliphatic carbocycles. The van der Waals surface area contributed by atoms with Gasteiger partial charge in [0, 0.05) is 6.61 Å². The molecule has 1 N–H and O–H groups in total. The van der Waals surface area contributed by atoms with Crippen molar-refractivity contribution in [1.82, 2.24) is 0 Å². The minimum Gasteiger partial charge on any atom is -0.481 e. The molecule has 3 nitrogen and oxygen atoms in total. The van der Waals surface area contributed by atoms with E-state index in [4.69, 9.17) is 9.53 Å². The molecule has 0 heterocycles. The largest absolute Gasteiger partial charge is 0.481 e. The second-order valence-corrected chi connectivity index (χ2v) is 8.80. The molecule has 0 aliphatic heterocycles. The third-order valence-corrected chi connectivity index (χ3v) is 5.44. The molecule has 0 aromatic carbocycles. The van der Waals surface area contributed by atoms with Gasteiger partial charge in [0.1, 0.15) is 0 Å². The van der Waals surface area contributed by atoms with E-state index in [0.717, 1.165) is 18.4 Å². The molecule has 0 rings (SSSR count). The van der Waals surface area contributed by atoms with Crippen LogP contribution >= 0.6 is 11.8 Å². The molecular weight excluding hydrogens is 204 g/mol. The molecule has 0 radical (unpaired) electrons. The molecule has 0 atom stereocenters. The molecule has 0 aliphatic rings. The molecule has 0 saturated carbocycles. The van der Waals surface area contributed by atoms with Gasteiger partial charge in [-0.3, -0.25) is 4.79 Å². The number of carboxylic acid groups (broad SMARTS) is 1. The Labute approximate surface area is 85.0 Å². The summed E-state index contributed by atoms with van der Waals surface area (Å²) < 4.78 is 5.61. The maximum atomic E-state index is 10.2. The zero-order valence-electron chi connectivity index (χ0n) is 8.50. The van der Waals surface area contributed by atoms with Crippen LogP contribution in [0.3, 0.4) is 0 Å². The van der Waals surface area contributed by atoms with Crippen LogP contribution in [0.5, 0.6) is 0 Å². The Kier molecular flexibility index (Phi) is 6.45. The first-order valence-electron chi connectivity index (χ1n) is 4.41. The van der Waals surface area contributed by atoms with Gasteiger partial charge in [0.2, 0.25) is 0 Å². The van der Waals surface area contributed by atoms with E-state index in [2.05, 4.69) is 13.1 Å². The number of thioether (sulfide) groups is 1. The Balaban J connectivity index is 3.45. The van der Waals surface area contributed by atoms with E-state index >= 15 is 0 Å². The monoisotopic (exact) mass is 222 g/mol. The molecule has 0 aromatic heterocycles. The lowest BCUT2D eigenvalue weighted by molar-refractivity contribution is -0.133. The van der Waals surface area contributed by atoms with Crippen LogP contribution in [0, 0.1) is 0 Å². The summed E-state index contributed by atoms with van der Waals surface area (Å²) in [5, 5.41) is 8.41. The van der Waals surface area contributed by atoms with Crippen molar-refractivity contribution < 1.29 is 14.3 Å². The fourth-order valence-corrected chi connectivity index (χ4v) is 4.73. The van der Waals surface area contributed by atoms with Gasteiger partial charge in [-0.2, -0.15) is 11.8 Å². The lowest BCUT2D eigenvalue weighted by atomic mass is 10.8. The molecule has 0 bridgehead atoms. The number of aliphatic carboxylic acids is 1. The van der Waals surface area contributed by atoms with Crippen LogP contribution in [0.2, 0.25) is 19.1 Å². The summed E-state index contributed by atoms with van der Waals surface area (Å²) in [6, 6.07) is 1.03. The summed E-state index contributed by atoms with van der Waals surface area (Å²) in [4.78, 5) is 10.2. The maximum Gasteiger partial charge on any atom is 0.313 e. The van der Waals surface area contributed by atoms with E-state index in [9.17, 15) is 4.79 Å². The van der Waals surface area contributed by atoms with Gasteiger partial charge in [-0.1, -0.05) is 0 Å². The third kappa shape index (κ3) is 8.33. The lowest BCUT2D eigenvalue weighted by Crippen LogP contribution is -2.30. The molecule has 0 aromatic rings. The van der Waals surface area contributed by atoms with Crippen LogP contribution in [0.1, 0.15) is 6.92 Å². The minimum atomic E-state index is -1.49. The maximum absolute atomic E-state index is 10.2. The molecule has 78 valence electrons. The Bertz CT molecular complexity index is 161. The summed E-state index contributed by atoms with van der Waals surface area (Å²) in [6.07, 6.45) is 0. The summed E-state index contributed by atoms with van der Waals surface area (Å²) in [7, 11) is -1.49. The Morgan fingerprint density at radius 3 is 2.62 bits per heavy atom. The summed E-state index contributed by atoms with van der Waals surface area (Å²) >= 11 is 1.47. The first-order valence-corrected chi connectivity index (χ1v) is 8.68.